The third kappa shape index (κ3) is 3.97. The van der Waals surface area contributed by atoms with Crippen molar-refractivity contribution < 1.29 is 4.79 Å². The zero-order valence-electron chi connectivity index (χ0n) is 10.2. The predicted molar refractivity (Wildman–Crippen MR) is 72.5 cm³/mol. The van der Waals surface area contributed by atoms with E-state index in [0.717, 1.165) is 18.7 Å². The highest BCUT2D eigenvalue weighted by Crippen LogP contribution is 2.04. The monoisotopic (exact) mass is 243 g/mol. The first-order valence-corrected chi connectivity index (χ1v) is 6.05. The number of carbonyl (C=O) groups excluding carboxylic acids is 1. The molecule has 4 nitrogen and oxygen atoms in total. The van der Waals surface area contributed by atoms with Crippen molar-refractivity contribution in [3.05, 3.63) is 54.9 Å². The molecule has 0 unspecified atom stereocenters. The van der Waals surface area contributed by atoms with Crippen LogP contribution >= 0.6 is 0 Å². The molecule has 2 aromatic rings. The second-order valence-corrected chi connectivity index (χ2v) is 4.02. The summed E-state index contributed by atoms with van der Waals surface area (Å²) >= 11 is 0. The minimum Gasteiger partial charge on any atom is -0.354 e. The van der Waals surface area contributed by atoms with E-state index in [-0.39, 0.29) is 6.03 Å². The van der Waals surface area contributed by atoms with Gasteiger partial charge in [0.1, 0.15) is 0 Å². The summed E-state index contributed by atoms with van der Waals surface area (Å²) in [5, 5.41) is 5.61. The van der Waals surface area contributed by atoms with Gasteiger partial charge < -0.3 is 15.2 Å². The maximum absolute atomic E-state index is 11.5. The van der Waals surface area contributed by atoms with E-state index in [0.29, 0.717) is 6.54 Å². The number of rotatable bonds is 5. The fraction of sp³-hybridized carbons (Fsp3) is 0.214. The van der Waals surface area contributed by atoms with Crippen molar-refractivity contribution >= 4 is 11.7 Å². The highest BCUT2D eigenvalue weighted by molar-refractivity contribution is 5.89. The SMILES string of the molecule is O=C(NCCCn1cccc1)Nc1ccccc1. The first-order chi connectivity index (χ1) is 8.84. The van der Waals surface area contributed by atoms with Gasteiger partial charge in [0, 0.05) is 31.2 Å². The molecule has 0 atom stereocenters. The molecule has 2 rings (SSSR count). The molecule has 0 aliphatic rings. The Bertz CT molecular complexity index is 465. The molecular formula is C14H17N3O. The number of hydrogen-bond acceptors (Lipinski definition) is 1. The van der Waals surface area contributed by atoms with E-state index < -0.39 is 0 Å². The normalized spacial score (nSPS) is 10.0. The maximum atomic E-state index is 11.5. The van der Waals surface area contributed by atoms with Gasteiger partial charge in [0.25, 0.3) is 0 Å². The number of anilines is 1. The van der Waals surface area contributed by atoms with Gasteiger partial charge in [-0.05, 0) is 30.7 Å². The molecule has 1 aromatic heterocycles. The summed E-state index contributed by atoms with van der Waals surface area (Å²) in [6, 6.07) is 13.3. The number of aryl methyl sites for hydroxylation is 1. The Morgan fingerprint density at radius 3 is 2.50 bits per heavy atom. The van der Waals surface area contributed by atoms with E-state index in [9.17, 15) is 4.79 Å². The molecule has 0 aliphatic carbocycles. The second-order valence-electron chi connectivity index (χ2n) is 4.02. The minimum absolute atomic E-state index is 0.159. The van der Waals surface area contributed by atoms with Crippen LogP contribution in [0.25, 0.3) is 0 Å². The molecule has 4 heteroatoms. The van der Waals surface area contributed by atoms with E-state index in [1.54, 1.807) is 0 Å². The molecule has 0 fully saturated rings. The topological polar surface area (TPSA) is 46.1 Å². The fourth-order valence-electron chi connectivity index (χ4n) is 1.68. The molecule has 0 aliphatic heterocycles. The fourth-order valence-corrected chi connectivity index (χ4v) is 1.68. The van der Waals surface area contributed by atoms with E-state index in [1.807, 2.05) is 54.9 Å². The number of para-hydroxylation sites is 1. The summed E-state index contributed by atoms with van der Waals surface area (Å²) in [5.41, 5.74) is 0.806. The molecule has 0 saturated heterocycles. The van der Waals surface area contributed by atoms with Crippen molar-refractivity contribution in [2.24, 2.45) is 0 Å². The number of hydrogen-bond donors (Lipinski definition) is 2. The van der Waals surface area contributed by atoms with Gasteiger partial charge in [-0.1, -0.05) is 18.2 Å². The van der Waals surface area contributed by atoms with Crippen molar-refractivity contribution in [2.45, 2.75) is 13.0 Å². The Balaban J connectivity index is 1.63. The number of nitrogens with zero attached hydrogens (tertiary/aromatic N) is 1. The zero-order chi connectivity index (χ0) is 12.6. The van der Waals surface area contributed by atoms with E-state index >= 15 is 0 Å². The third-order valence-corrected chi connectivity index (χ3v) is 2.58. The van der Waals surface area contributed by atoms with Crippen LogP contribution < -0.4 is 10.6 Å². The molecule has 2 N–H and O–H groups in total. The lowest BCUT2D eigenvalue weighted by Crippen LogP contribution is -2.29. The summed E-state index contributed by atoms with van der Waals surface area (Å²) in [7, 11) is 0. The van der Waals surface area contributed by atoms with Gasteiger partial charge in [0.05, 0.1) is 0 Å². The smallest absolute Gasteiger partial charge is 0.319 e. The Morgan fingerprint density at radius 1 is 1.06 bits per heavy atom. The molecule has 0 bridgehead atoms. The Morgan fingerprint density at radius 2 is 1.78 bits per heavy atom. The van der Waals surface area contributed by atoms with E-state index in [1.165, 1.54) is 0 Å². The summed E-state index contributed by atoms with van der Waals surface area (Å²) in [6.07, 6.45) is 4.95. The number of urea groups is 1. The Kier molecular flexibility index (Phi) is 4.41. The average molecular weight is 243 g/mol. The molecular weight excluding hydrogens is 226 g/mol. The molecule has 0 saturated carbocycles. The van der Waals surface area contributed by atoms with Crippen molar-refractivity contribution in [3.8, 4) is 0 Å². The lowest BCUT2D eigenvalue weighted by Gasteiger charge is -2.07. The molecule has 1 heterocycles. The van der Waals surface area contributed by atoms with Crippen molar-refractivity contribution in [1.82, 2.24) is 9.88 Å². The average Bonchev–Trinajstić information content (AvgIpc) is 2.89. The van der Waals surface area contributed by atoms with Crippen LogP contribution in [0.15, 0.2) is 54.9 Å². The predicted octanol–water partition coefficient (Wildman–Crippen LogP) is 2.70. The third-order valence-electron chi connectivity index (χ3n) is 2.58. The van der Waals surface area contributed by atoms with Gasteiger partial charge in [-0.3, -0.25) is 0 Å². The first-order valence-electron chi connectivity index (χ1n) is 6.05. The summed E-state index contributed by atoms with van der Waals surface area (Å²) in [6.45, 7) is 1.58. The Labute approximate surface area is 107 Å². The lowest BCUT2D eigenvalue weighted by atomic mass is 10.3. The molecule has 94 valence electrons. The molecule has 0 spiro atoms. The number of aromatic nitrogens is 1. The van der Waals surface area contributed by atoms with Crippen LogP contribution in [0.1, 0.15) is 6.42 Å². The van der Waals surface area contributed by atoms with Crippen LogP contribution in [-0.2, 0) is 6.54 Å². The highest BCUT2D eigenvalue weighted by atomic mass is 16.2. The van der Waals surface area contributed by atoms with Gasteiger partial charge in [-0.2, -0.15) is 0 Å². The first kappa shape index (κ1) is 12.2. The zero-order valence-corrected chi connectivity index (χ0v) is 10.2. The maximum Gasteiger partial charge on any atom is 0.319 e. The second kappa shape index (κ2) is 6.49. The van der Waals surface area contributed by atoms with Crippen LogP contribution in [0, 0.1) is 0 Å². The van der Waals surface area contributed by atoms with Crippen LogP contribution in [0.4, 0.5) is 10.5 Å². The highest BCUT2D eigenvalue weighted by Gasteiger charge is 1.99. The largest absolute Gasteiger partial charge is 0.354 e. The number of carbonyl (C=O) groups is 1. The Hall–Kier alpha value is -2.23. The van der Waals surface area contributed by atoms with Crippen molar-refractivity contribution in [3.63, 3.8) is 0 Å². The number of benzene rings is 1. The van der Waals surface area contributed by atoms with Gasteiger partial charge in [0.15, 0.2) is 0 Å². The molecule has 0 radical (unpaired) electrons. The molecule has 1 aromatic carbocycles. The molecule has 2 amide bonds. The van der Waals surface area contributed by atoms with Gasteiger partial charge >= 0.3 is 6.03 Å². The van der Waals surface area contributed by atoms with Crippen molar-refractivity contribution in [1.29, 1.82) is 0 Å². The van der Waals surface area contributed by atoms with Crippen LogP contribution in [0.5, 0.6) is 0 Å². The van der Waals surface area contributed by atoms with Crippen LogP contribution in [0.2, 0.25) is 0 Å². The van der Waals surface area contributed by atoms with Crippen molar-refractivity contribution in [2.75, 3.05) is 11.9 Å². The minimum atomic E-state index is -0.159. The van der Waals surface area contributed by atoms with Gasteiger partial charge in [0.2, 0.25) is 0 Å². The van der Waals surface area contributed by atoms with Gasteiger partial charge in [-0.25, -0.2) is 4.79 Å². The van der Waals surface area contributed by atoms with Crippen LogP contribution in [-0.4, -0.2) is 17.1 Å². The summed E-state index contributed by atoms with van der Waals surface area (Å²) in [4.78, 5) is 11.5. The standard InChI is InChI=1S/C14H17N3O/c18-14(16-13-7-2-1-3-8-13)15-9-6-12-17-10-4-5-11-17/h1-5,7-8,10-11H,6,9,12H2,(H2,15,16,18). The quantitative estimate of drug-likeness (QED) is 0.779. The summed E-state index contributed by atoms with van der Waals surface area (Å²) < 4.78 is 2.09. The van der Waals surface area contributed by atoms with E-state index in [4.69, 9.17) is 0 Å². The van der Waals surface area contributed by atoms with E-state index in [2.05, 4.69) is 15.2 Å². The van der Waals surface area contributed by atoms with Crippen LogP contribution in [0.3, 0.4) is 0 Å². The van der Waals surface area contributed by atoms with Gasteiger partial charge in [-0.15, -0.1) is 0 Å². The lowest BCUT2D eigenvalue weighted by molar-refractivity contribution is 0.252. The summed E-state index contributed by atoms with van der Waals surface area (Å²) in [5.74, 6) is 0. The number of nitrogens with one attached hydrogen (secondary N) is 2. The molecule has 18 heavy (non-hydrogen) atoms. The number of amides is 2.